The van der Waals surface area contributed by atoms with Gasteiger partial charge in [0.05, 0.1) is 5.92 Å². The first-order valence-corrected chi connectivity index (χ1v) is 7.07. The summed E-state index contributed by atoms with van der Waals surface area (Å²) in [5.41, 5.74) is 1.51. The molecule has 0 spiro atoms. The van der Waals surface area contributed by atoms with Crippen molar-refractivity contribution in [3.8, 4) is 0 Å². The van der Waals surface area contributed by atoms with Crippen molar-refractivity contribution >= 4 is 17.6 Å². The van der Waals surface area contributed by atoms with Gasteiger partial charge in [-0.2, -0.15) is 5.10 Å². The van der Waals surface area contributed by atoms with Crippen molar-refractivity contribution in [3.05, 3.63) is 47.8 Å². The van der Waals surface area contributed by atoms with Crippen LogP contribution in [-0.2, 0) is 4.79 Å². The van der Waals surface area contributed by atoms with Crippen LogP contribution in [0.4, 0.5) is 5.69 Å². The van der Waals surface area contributed by atoms with Crippen molar-refractivity contribution in [1.29, 1.82) is 0 Å². The van der Waals surface area contributed by atoms with Gasteiger partial charge in [-0.25, -0.2) is 0 Å². The molecule has 22 heavy (non-hydrogen) atoms. The summed E-state index contributed by atoms with van der Waals surface area (Å²) >= 11 is 0. The molecular weight excluding hydrogens is 282 g/mol. The zero-order valence-corrected chi connectivity index (χ0v) is 12.8. The molecule has 0 bridgehead atoms. The molecule has 1 aromatic heterocycles. The highest BCUT2D eigenvalue weighted by Gasteiger charge is 2.15. The molecule has 2 aromatic rings. The minimum atomic E-state index is -0.904. The first-order chi connectivity index (χ1) is 10.4. The van der Waals surface area contributed by atoms with Crippen LogP contribution in [0.25, 0.3) is 0 Å². The lowest BCUT2D eigenvalue weighted by atomic mass is 10.0. The van der Waals surface area contributed by atoms with Crippen LogP contribution in [-0.4, -0.2) is 26.8 Å². The molecule has 116 valence electrons. The third-order valence-electron chi connectivity index (χ3n) is 3.38. The summed E-state index contributed by atoms with van der Waals surface area (Å²) < 4.78 is 1.71. The summed E-state index contributed by atoms with van der Waals surface area (Å²) in [6, 6.07) is 8.66. The highest BCUT2D eigenvalue weighted by molar-refractivity contribution is 6.02. The van der Waals surface area contributed by atoms with Crippen LogP contribution in [0.5, 0.6) is 0 Å². The molecule has 1 atom stereocenters. The van der Waals surface area contributed by atoms with Crippen LogP contribution in [0.1, 0.15) is 48.8 Å². The summed E-state index contributed by atoms with van der Waals surface area (Å²) in [5.74, 6) is -1.85. The molecule has 1 unspecified atom stereocenters. The van der Waals surface area contributed by atoms with Crippen LogP contribution in [0.2, 0.25) is 0 Å². The molecule has 0 radical (unpaired) electrons. The molecule has 2 rings (SSSR count). The predicted octanol–water partition coefficient (Wildman–Crippen LogP) is 2.90. The van der Waals surface area contributed by atoms with E-state index in [1.54, 1.807) is 48.1 Å². The molecule has 0 aliphatic carbocycles. The minimum absolute atomic E-state index is 0.182. The maximum atomic E-state index is 12.2. The molecule has 1 aromatic carbocycles. The van der Waals surface area contributed by atoms with E-state index in [0.29, 0.717) is 16.9 Å². The van der Waals surface area contributed by atoms with Gasteiger partial charge >= 0.3 is 5.97 Å². The van der Waals surface area contributed by atoms with E-state index < -0.39 is 11.9 Å². The standard InChI is InChI=1S/C16H19N3O3/c1-10(2)19-8-7-14(18-19)15(20)17-13-6-4-5-12(9-13)11(3)16(21)22/h4-11H,1-3H3,(H,17,20)(H,21,22). The molecule has 2 N–H and O–H groups in total. The van der Waals surface area contributed by atoms with Gasteiger partial charge in [0.25, 0.3) is 5.91 Å². The molecule has 0 saturated heterocycles. The highest BCUT2D eigenvalue weighted by atomic mass is 16.4. The maximum Gasteiger partial charge on any atom is 0.310 e. The van der Waals surface area contributed by atoms with Crippen molar-refractivity contribution in [2.24, 2.45) is 0 Å². The number of aromatic nitrogens is 2. The lowest BCUT2D eigenvalue weighted by Crippen LogP contribution is -2.14. The average molecular weight is 301 g/mol. The molecule has 1 heterocycles. The smallest absolute Gasteiger partial charge is 0.310 e. The number of amides is 1. The SMILES string of the molecule is CC(C(=O)O)c1cccc(NC(=O)c2ccn(C(C)C)n2)c1. The lowest BCUT2D eigenvalue weighted by Gasteiger charge is -2.09. The van der Waals surface area contributed by atoms with Gasteiger partial charge in [-0.15, -0.1) is 0 Å². The highest BCUT2D eigenvalue weighted by Crippen LogP contribution is 2.20. The second kappa shape index (κ2) is 6.43. The number of aliphatic carboxylic acids is 1. The van der Waals surface area contributed by atoms with Gasteiger partial charge in [0.1, 0.15) is 0 Å². The number of hydrogen-bond acceptors (Lipinski definition) is 3. The molecule has 0 fully saturated rings. The minimum Gasteiger partial charge on any atom is -0.481 e. The average Bonchev–Trinajstić information content (AvgIpc) is 2.96. The third-order valence-corrected chi connectivity index (χ3v) is 3.38. The molecule has 0 aliphatic rings. The second-order valence-corrected chi connectivity index (χ2v) is 5.41. The van der Waals surface area contributed by atoms with Crippen LogP contribution in [0, 0.1) is 0 Å². The Bertz CT molecular complexity index is 691. The van der Waals surface area contributed by atoms with Crippen molar-refractivity contribution in [1.82, 2.24) is 9.78 Å². The summed E-state index contributed by atoms with van der Waals surface area (Å²) in [5, 5.41) is 16.0. The largest absolute Gasteiger partial charge is 0.481 e. The van der Waals surface area contributed by atoms with E-state index in [4.69, 9.17) is 5.11 Å². The monoisotopic (exact) mass is 301 g/mol. The molecule has 0 aliphatic heterocycles. The zero-order chi connectivity index (χ0) is 16.3. The lowest BCUT2D eigenvalue weighted by molar-refractivity contribution is -0.138. The van der Waals surface area contributed by atoms with E-state index in [1.165, 1.54) is 0 Å². The van der Waals surface area contributed by atoms with Crippen molar-refractivity contribution in [2.75, 3.05) is 5.32 Å². The number of rotatable bonds is 5. The van der Waals surface area contributed by atoms with E-state index in [0.717, 1.165) is 0 Å². The van der Waals surface area contributed by atoms with E-state index in [-0.39, 0.29) is 11.9 Å². The van der Waals surface area contributed by atoms with Gasteiger partial charge in [0.2, 0.25) is 0 Å². The first-order valence-electron chi connectivity index (χ1n) is 7.07. The van der Waals surface area contributed by atoms with Gasteiger partial charge in [-0.05, 0) is 44.5 Å². The fourth-order valence-electron chi connectivity index (χ4n) is 1.97. The number of carbonyl (C=O) groups excluding carboxylic acids is 1. The molecule has 1 amide bonds. The fraction of sp³-hybridized carbons (Fsp3) is 0.312. The van der Waals surface area contributed by atoms with Gasteiger partial charge in [0, 0.05) is 17.9 Å². The van der Waals surface area contributed by atoms with E-state index in [1.807, 2.05) is 13.8 Å². The summed E-state index contributed by atoms with van der Waals surface area (Å²) in [7, 11) is 0. The topological polar surface area (TPSA) is 84.2 Å². The Morgan fingerprint density at radius 3 is 2.55 bits per heavy atom. The van der Waals surface area contributed by atoms with E-state index >= 15 is 0 Å². The Kier molecular flexibility index (Phi) is 4.60. The number of hydrogen-bond donors (Lipinski definition) is 2. The normalized spacial score (nSPS) is 12.2. The molecule has 0 saturated carbocycles. The van der Waals surface area contributed by atoms with Gasteiger partial charge < -0.3 is 10.4 Å². The fourth-order valence-corrected chi connectivity index (χ4v) is 1.97. The molecular formula is C16H19N3O3. The Balaban J connectivity index is 2.14. The zero-order valence-electron chi connectivity index (χ0n) is 12.8. The summed E-state index contributed by atoms with van der Waals surface area (Å²) in [6.45, 7) is 5.56. The van der Waals surface area contributed by atoms with Gasteiger partial charge in [-0.1, -0.05) is 12.1 Å². The number of nitrogens with zero attached hydrogens (tertiary/aromatic N) is 2. The Morgan fingerprint density at radius 1 is 1.23 bits per heavy atom. The number of benzene rings is 1. The summed E-state index contributed by atoms with van der Waals surface area (Å²) in [6.07, 6.45) is 1.75. The Labute approximate surface area is 128 Å². The van der Waals surface area contributed by atoms with Gasteiger partial charge in [0.15, 0.2) is 5.69 Å². The third kappa shape index (κ3) is 3.52. The Morgan fingerprint density at radius 2 is 1.95 bits per heavy atom. The van der Waals surface area contributed by atoms with Crippen LogP contribution >= 0.6 is 0 Å². The predicted molar refractivity (Wildman–Crippen MR) is 83.1 cm³/mol. The van der Waals surface area contributed by atoms with Crippen LogP contribution in [0.15, 0.2) is 36.5 Å². The van der Waals surface area contributed by atoms with Crippen molar-refractivity contribution in [2.45, 2.75) is 32.7 Å². The first kappa shape index (κ1) is 15.8. The van der Waals surface area contributed by atoms with Crippen molar-refractivity contribution < 1.29 is 14.7 Å². The van der Waals surface area contributed by atoms with Crippen molar-refractivity contribution in [3.63, 3.8) is 0 Å². The maximum absolute atomic E-state index is 12.2. The molecule has 6 nitrogen and oxygen atoms in total. The Hall–Kier alpha value is -2.63. The number of anilines is 1. The number of carboxylic acids is 1. The van der Waals surface area contributed by atoms with Gasteiger partial charge in [-0.3, -0.25) is 14.3 Å². The van der Waals surface area contributed by atoms with Crippen LogP contribution < -0.4 is 5.32 Å². The van der Waals surface area contributed by atoms with Crippen LogP contribution in [0.3, 0.4) is 0 Å². The summed E-state index contributed by atoms with van der Waals surface area (Å²) in [4.78, 5) is 23.2. The number of carboxylic acid groups (broad SMARTS) is 1. The van der Waals surface area contributed by atoms with E-state index in [9.17, 15) is 9.59 Å². The number of carbonyl (C=O) groups is 2. The van der Waals surface area contributed by atoms with E-state index in [2.05, 4.69) is 10.4 Å². The second-order valence-electron chi connectivity index (χ2n) is 5.41. The molecule has 6 heteroatoms. The number of nitrogens with one attached hydrogen (secondary N) is 1. The quantitative estimate of drug-likeness (QED) is 0.889.